The first kappa shape index (κ1) is 15.2. The van der Waals surface area contributed by atoms with E-state index in [1.165, 1.54) is 23.1 Å². The van der Waals surface area contributed by atoms with Crippen LogP contribution < -0.4 is 11.3 Å². The van der Waals surface area contributed by atoms with Crippen molar-refractivity contribution in [3.05, 3.63) is 33.9 Å². The van der Waals surface area contributed by atoms with Crippen LogP contribution in [0.25, 0.3) is 0 Å². The molecule has 1 amide bonds. The standard InChI is InChI=1S/C13H18N4O4/c14-15-11-6-3-5-10(12(11)17(20)21)13(19)16-7-2-1-4-9(16)8-18/h3,5-6,9,15,18H,1-2,4,7-8,14H2. The molecule has 8 heteroatoms. The summed E-state index contributed by atoms with van der Waals surface area (Å²) < 4.78 is 0. The van der Waals surface area contributed by atoms with Crippen LogP contribution in [0.15, 0.2) is 18.2 Å². The van der Waals surface area contributed by atoms with E-state index >= 15 is 0 Å². The average Bonchev–Trinajstić information content (AvgIpc) is 2.53. The van der Waals surface area contributed by atoms with Crippen molar-refractivity contribution in [2.45, 2.75) is 25.3 Å². The predicted molar refractivity (Wildman–Crippen MR) is 76.7 cm³/mol. The van der Waals surface area contributed by atoms with E-state index in [1.807, 2.05) is 0 Å². The van der Waals surface area contributed by atoms with Crippen LogP contribution in [0.5, 0.6) is 0 Å². The summed E-state index contributed by atoms with van der Waals surface area (Å²) in [4.78, 5) is 24.7. The number of rotatable bonds is 4. The summed E-state index contributed by atoms with van der Waals surface area (Å²) in [6.07, 6.45) is 2.46. The van der Waals surface area contributed by atoms with E-state index in [9.17, 15) is 20.0 Å². The lowest BCUT2D eigenvalue weighted by Gasteiger charge is -2.34. The first-order valence-electron chi connectivity index (χ1n) is 6.76. The molecule has 0 spiro atoms. The first-order chi connectivity index (χ1) is 10.1. The van der Waals surface area contributed by atoms with E-state index in [1.54, 1.807) is 0 Å². The van der Waals surface area contributed by atoms with Crippen molar-refractivity contribution in [1.29, 1.82) is 0 Å². The Labute approximate surface area is 121 Å². The number of piperidine rings is 1. The van der Waals surface area contributed by atoms with Gasteiger partial charge in [-0.15, -0.1) is 0 Å². The van der Waals surface area contributed by atoms with Crippen LogP contribution in [-0.4, -0.2) is 40.0 Å². The van der Waals surface area contributed by atoms with Gasteiger partial charge in [0.1, 0.15) is 11.3 Å². The molecule has 114 valence electrons. The van der Waals surface area contributed by atoms with Crippen molar-refractivity contribution < 1.29 is 14.8 Å². The Hall–Kier alpha value is -2.19. The molecule has 21 heavy (non-hydrogen) atoms. The number of nitrogens with one attached hydrogen (secondary N) is 1. The van der Waals surface area contributed by atoms with E-state index in [0.29, 0.717) is 13.0 Å². The molecular formula is C13H18N4O4. The Bertz CT molecular complexity index is 549. The van der Waals surface area contributed by atoms with Gasteiger partial charge in [-0.05, 0) is 31.4 Å². The second-order valence-corrected chi connectivity index (χ2v) is 4.93. The molecule has 1 aromatic rings. The molecule has 0 aromatic heterocycles. The van der Waals surface area contributed by atoms with Crippen LogP contribution in [0.4, 0.5) is 11.4 Å². The van der Waals surface area contributed by atoms with E-state index < -0.39 is 10.8 Å². The number of nitrogens with zero attached hydrogens (tertiary/aromatic N) is 2. The third-order valence-electron chi connectivity index (χ3n) is 3.70. The molecule has 1 atom stereocenters. The maximum Gasteiger partial charge on any atom is 0.306 e. The molecule has 1 aromatic carbocycles. The highest BCUT2D eigenvalue weighted by atomic mass is 16.6. The number of benzene rings is 1. The number of nitrogens with two attached hydrogens (primary N) is 1. The van der Waals surface area contributed by atoms with Crippen molar-refractivity contribution >= 4 is 17.3 Å². The van der Waals surface area contributed by atoms with Gasteiger partial charge in [-0.1, -0.05) is 6.07 Å². The quantitative estimate of drug-likeness (QED) is 0.430. The Kier molecular flexibility index (Phi) is 4.71. The number of hydrazine groups is 1. The summed E-state index contributed by atoms with van der Waals surface area (Å²) in [5.41, 5.74) is 1.97. The number of nitro groups is 1. The van der Waals surface area contributed by atoms with Gasteiger partial charge in [0.15, 0.2) is 0 Å². The van der Waals surface area contributed by atoms with Crippen molar-refractivity contribution in [3.8, 4) is 0 Å². The van der Waals surface area contributed by atoms with Crippen LogP contribution in [0.1, 0.15) is 29.6 Å². The first-order valence-corrected chi connectivity index (χ1v) is 6.76. The number of carbonyl (C=O) groups excluding carboxylic acids is 1. The Morgan fingerprint density at radius 3 is 2.90 bits per heavy atom. The van der Waals surface area contributed by atoms with Crippen LogP contribution in [-0.2, 0) is 0 Å². The van der Waals surface area contributed by atoms with Crippen LogP contribution in [0, 0.1) is 10.1 Å². The number of nitrogen functional groups attached to an aromatic ring is 1. The molecule has 1 fully saturated rings. The number of carbonyl (C=O) groups is 1. The van der Waals surface area contributed by atoms with Gasteiger partial charge in [-0.3, -0.25) is 20.8 Å². The van der Waals surface area contributed by atoms with Gasteiger partial charge in [0, 0.05) is 6.54 Å². The van der Waals surface area contributed by atoms with Gasteiger partial charge in [0.05, 0.1) is 17.6 Å². The predicted octanol–water partition coefficient (Wildman–Crippen LogP) is 0.867. The zero-order valence-electron chi connectivity index (χ0n) is 11.5. The Morgan fingerprint density at radius 1 is 1.52 bits per heavy atom. The largest absolute Gasteiger partial charge is 0.394 e. The van der Waals surface area contributed by atoms with Gasteiger partial charge in [-0.2, -0.15) is 0 Å². The molecular weight excluding hydrogens is 276 g/mol. The minimum Gasteiger partial charge on any atom is -0.394 e. The number of likely N-dealkylation sites (tertiary alicyclic amines) is 1. The fourth-order valence-electron chi connectivity index (χ4n) is 2.64. The fourth-order valence-corrected chi connectivity index (χ4v) is 2.64. The van der Waals surface area contributed by atoms with Gasteiger partial charge < -0.3 is 15.4 Å². The number of aliphatic hydroxyl groups excluding tert-OH is 1. The summed E-state index contributed by atoms with van der Waals surface area (Å²) in [5, 5.41) is 20.6. The summed E-state index contributed by atoms with van der Waals surface area (Å²) >= 11 is 0. The Morgan fingerprint density at radius 2 is 2.29 bits per heavy atom. The number of hydrogen-bond acceptors (Lipinski definition) is 6. The van der Waals surface area contributed by atoms with Crippen molar-refractivity contribution in [2.75, 3.05) is 18.6 Å². The van der Waals surface area contributed by atoms with E-state index in [0.717, 1.165) is 12.8 Å². The number of hydrogen-bond donors (Lipinski definition) is 3. The van der Waals surface area contributed by atoms with Gasteiger partial charge in [-0.25, -0.2) is 0 Å². The maximum absolute atomic E-state index is 12.6. The third-order valence-corrected chi connectivity index (χ3v) is 3.70. The number of para-hydroxylation sites is 1. The summed E-state index contributed by atoms with van der Waals surface area (Å²) in [6.45, 7) is 0.343. The van der Waals surface area contributed by atoms with Gasteiger partial charge >= 0.3 is 5.69 Å². The van der Waals surface area contributed by atoms with Crippen molar-refractivity contribution in [1.82, 2.24) is 4.90 Å². The van der Waals surface area contributed by atoms with Crippen LogP contribution in [0.3, 0.4) is 0 Å². The van der Waals surface area contributed by atoms with Crippen molar-refractivity contribution in [2.24, 2.45) is 5.84 Å². The topological polar surface area (TPSA) is 122 Å². The minimum absolute atomic E-state index is 0.0178. The maximum atomic E-state index is 12.6. The molecule has 0 radical (unpaired) electrons. The summed E-state index contributed by atoms with van der Waals surface area (Å²) in [7, 11) is 0. The lowest BCUT2D eigenvalue weighted by molar-refractivity contribution is -0.384. The molecule has 0 bridgehead atoms. The molecule has 0 saturated carbocycles. The summed E-state index contributed by atoms with van der Waals surface area (Å²) in [5.74, 6) is 4.82. The van der Waals surface area contributed by atoms with E-state index in [2.05, 4.69) is 5.43 Å². The monoisotopic (exact) mass is 294 g/mol. The molecule has 1 unspecified atom stereocenters. The second-order valence-electron chi connectivity index (χ2n) is 4.93. The molecule has 1 heterocycles. The van der Waals surface area contributed by atoms with E-state index in [-0.39, 0.29) is 29.6 Å². The fraction of sp³-hybridized carbons (Fsp3) is 0.462. The normalized spacial score (nSPS) is 18.4. The van der Waals surface area contributed by atoms with Crippen molar-refractivity contribution in [3.63, 3.8) is 0 Å². The zero-order valence-corrected chi connectivity index (χ0v) is 11.5. The molecule has 2 rings (SSSR count). The SMILES string of the molecule is NNc1cccc(C(=O)N2CCCCC2CO)c1[N+](=O)[O-]. The molecule has 0 aliphatic carbocycles. The minimum atomic E-state index is -0.625. The highest BCUT2D eigenvalue weighted by Crippen LogP contribution is 2.30. The average molecular weight is 294 g/mol. The Balaban J connectivity index is 2.40. The number of nitro benzene ring substituents is 1. The molecule has 1 saturated heterocycles. The molecule has 1 aliphatic rings. The van der Waals surface area contributed by atoms with Gasteiger partial charge in [0.25, 0.3) is 5.91 Å². The van der Waals surface area contributed by atoms with Crippen LogP contribution in [0.2, 0.25) is 0 Å². The van der Waals surface area contributed by atoms with E-state index in [4.69, 9.17) is 5.84 Å². The summed E-state index contributed by atoms with van der Waals surface area (Å²) in [6, 6.07) is 4.09. The third kappa shape index (κ3) is 2.96. The highest BCUT2D eigenvalue weighted by molar-refractivity contribution is 6.00. The highest BCUT2D eigenvalue weighted by Gasteiger charge is 2.32. The molecule has 1 aliphatic heterocycles. The number of aliphatic hydroxyl groups is 1. The second kappa shape index (κ2) is 6.51. The molecule has 8 nitrogen and oxygen atoms in total. The van der Waals surface area contributed by atoms with Gasteiger partial charge in [0.2, 0.25) is 0 Å². The van der Waals surface area contributed by atoms with Crippen LogP contribution >= 0.6 is 0 Å². The lowest BCUT2D eigenvalue weighted by atomic mass is 10.0. The number of anilines is 1. The zero-order chi connectivity index (χ0) is 15.4. The number of amides is 1. The lowest BCUT2D eigenvalue weighted by Crippen LogP contribution is -2.45. The smallest absolute Gasteiger partial charge is 0.306 e. The molecule has 4 N–H and O–H groups in total.